The lowest BCUT2D eigenvalue weighted by Crippen LogP contribution is -2.22. The van der Waals surface area contributed by atoms with E-state index in [1.807, 2.05) is 26.0 Å². The Morgan fingerprint density at radius 1 is 1.40 bits per heavy atom. The quantitative estimate of drug-likeness (QED) is 0.766. The van der Waals surface area contributed by atoms with E-state index in [2.05, 4.69) is 0 Å². The van der Waals surface area contributed by atoms with Crippen LogP contribution in [0.15, 0.2) is 12.1 Å². The molecule has 0 radical (unpaired) electrons. The summed E-state index contributed by atoms with van der Waals surface area (Å²) in [6, 6.07) is 3.93. The lowest BCUT2D eigenvalue weighted by Gasteiger charge is -2.26. The van der Waals surface area contributed by atoms with Crippen molar-refractivity contribution in [3.63, 3.8) is 0 Å². The topological polar surface area (TPSA) is 46.5 Å². The summed E-state index contributed by atoms with van der Waals surface area (Å²) in [5.74, 6) is -0.393. The van der Waals surface area contributed by atoms with Gasteiger partial charge in [-0.3, -0.25) is 4.79 Å². The average Bonchev–Trinajstić information content (AvgIpc) is 2.23. The van der Waals surface area contributed by atoms with Gasteiger partial charge in [-0.1, -0.05) is 12.1 Å². The molecule has 3 heteroatoms. The van der Waals surface area contributed by atoms with Crippen molar-refractivity contribution in [3.8, 4) is 5.75 Å². The second-order valence-corrected chi connectivity index (χ2v) is 3.97. The van der Waals surface area contributed by atoms with Crippen molar-refractivity contribution in [2.75, 3.05) is 6.61 Å². The van der Waals surface area contributed by atoms with Gasteiger partial charge in [0.1, 0.15) is 5.75 Å². The maximum absolute atomic E-state index is 11.1. The molecule has 3 nitrogen and oxygen atoms in total. The van der Waals surface area contributed by atoms with Crippen LogP contribution in [0.1, 0.15) is 29.0 Å². The van der Waals surface area contributed by atoms with Gasteiger partial charge in [0.2, 0.25) is 0 Å². The number of aliphatic carboxylic acids is 1. The van der Waals surface area contributed by atoms with Crippen molar-refractivity contribution in [2.45, 2.75) is 26.2 Å². The molecular weight excluding hydrogens is 192 g/mol. The van der Waals surface area contributed by atoms with Crippen LogP contribution in [0.5, 0.6) is 5.75 Å². The van der Waals surface area contributed by atoms with Gasteiger partial charge < -0.3 is 9.84 Å². The zero-order chi connectivity index (χ0) is 11.0. The van der Waals surface area contributed by atoms with E-state index in [-0.39, 0.29) is 0 Å². The molecule has 0 aliphatic carbocycles. The van der Waals surface area contributed by atoms with Gasteiger partial charge in [0, 0.05) is 5.56 Å². The van der Waals surface area contributed by atoms with Crippen molar-refractivity contribution in [1.82, 2.24) is 0 Å². The van der Waals surface area contributed by atoms with E-state index >= 15 is 0 Å². The van der Waals surface area contributed by atoms with E-state index in [1.165, 1.54) is 0 Å². The molecule has 1 heterocycles. The highest BCUT2D eigenvalue weighted by Gasteiger charge is 2.29. The minimum Gasteiger partial charge on any atom is -0.493 e. The first kappa shape index (κ1) is 10.0. The first-order valence-electron chi connectivity index (χ1n) is 5.07. The highest BCUT2D eigenvalue weighted by Crippen LogP contribution is 2.38. The fourth-order valence-corrected chi connectivity index (χ4v) is 2.10. The highest BCUT2D eigenvalue weighted by molar-refractivity contribution is 5.78. The third kappa shape index (κ3) is 1.58. The SMILES string of the molecule is Cc1ccc(C)c2c1OCCC2C(=O)O. The normalized spacial score (nSPS) is 19.2. The summed E-state index contributed by atoms with van der Waals surface area (Å²) >= 11 is 0. The fraction of sp³-hybridized carbons (Fsp3) is 0.417. The van der Waals surface area contributed by atoms with Crippen molar-refractivity contribution < 1.29 is 14.6 Å². The van der Waals surface area contributed by atoms with Crippen LogP contribution >= 0.6 is 0 Å². The predicted octanol–water partition coefficient (Wildman–Crippen LogP) is 2.25. The summed E-state index contributed by atoms with van der Waals surface area (Å²) in [6.07, 6.45) is 0.562. The third-order valence-electron chi connectivity index (χ3n) is 2.91. The van der Waals surface area contributed by atoms with E-state index in [1.54, 1.807) is 0 Å². The van der Waals surface area contributed by atoms with Gasteiger partial charge in [-0.15, -0.1) is 0 Å². The number of rotatable bonds is 1. The number of hydrogen-bond donors (Lipinski definition) is 1. The van der Waals surface area contributed by atoms with Crippen LogP contribution in [-0.4, -0.2) is 17.7 Å². The molecule has 0 saturated carbocycles. The van der Waals surface area contributed by atoms with Gasteiger partial charge in [0.25, 0.3) is 0 Å². The molecule has 1 unspecified atom stereocenters. The van der Waals surface area contributed by atoms with Crippen LogP contribution in [-0.2, 0) is 4.79 Å². The van der Waals surface area contributed by atoms with E-state index in [4.69, 9.17) is 9.84 Å². The lowest BCUT2D eigenvalue weighted by atomic mass is 9.88. The number of ether oxygens (including phenoxy) is 1. The van der Waals surface area contributed by atoms with Gasteiger partial charge >= 0.3 is 5.97 Å². The molecule has 1 aromatic carbocycles. The summed E-state index contributed by atoms with van der Waals surface area (Å²) in [5.41, 5.74) is 2.87. The zero-order valence-corrected chi connectivity index (χ0v) is 8.91. The number of carboxylic acids is 1. The monoisotopic (exact) mass is 206 g/mol. The fourth-order valence-electron chi connectivity index (χ4n) is 2.10. The third-order valence-corrected chi connectivity index (χ3v) is 2.91. The van der Waals surface area contributed by atoms with Crippen LogP contribution in [0, 0.1) is 13.8 Å². The van der Waals surface area contributed by atoms with Gasteiger partial charge in [-0.05, 0) is 31.4 Å². The van der Waals surface area contributed by atoms with Crippen LogP contribution in [0.3, 0.4) is 0 Å². The molecule has 1 N–H and O–H groups in total. The number of carboxylic acid groups (broad SMARTS) is 1. The van der Waals surface area contributed by atoms with Crippen molar-refractivity contribution >= 4 is 5.97 Å². The van der Waals surface area contributed by atoms with Crippen molar-refractivity contribution in [2.24, 2.45) is 0 Å². The first-order chi connectivity index (χ1) is 7.11. The summed E-state index contributed by atoms with van der Waals surface area (Å²) in [7, 11) is 0. The maximum atomic E-state index is 11.1. The standard InChI is InChI=1S/C12H14O3/c1-7-3-4-8(2)11-10(7)9(12(13)14)5-6-15-11/h3-4,9H,5-6H2,1-2H3,(H,13,14). The van der Waals surface area contributed by atoms with E-state index in [9.17, 15) is 4.79 Å². The number of aryl methyl sites for hydroxylation is 2. The van der Waals surface area contributed by atoms with Gasteiger partial charge in [0.05, 0.1) is 12.5 Å². The molecule has 1 atom stereocenters. The lowest BCUT2D eigenvalue weighted by molar-refractivity contribution is -0.139. The number of hydrogen-bond acceptors (Lipinski definition) is 2. The molecule has 0 amide bonds. The first-order valence-corrected chi connectivity index (χ1v) is 5.07. The summed E-state index contributed by atoms with van der Waals surface area (Å²) in [4.78, 5) is 11.1. The van der Waals surface area contributed by atoms with Gasteiger partial charge in [-0.2, -0.15) is 0 Å². The van der Waals surface area contributed by atoms with E-state index in [0.29, 0.717) is 13.0 Å². The summed E-state index contributed by atoms with van der Waals surface area (Å²) in [5, 5.41) is 9.14. The Hall–Kier alpha value is -1.51. The molecule has 80 valence electrons. The molecule has 15 heavy (non-hydrogen) atoms. The molecule has 0 spiro atoms. The Balaban J connectivity index is 2.59. The molecule has 0 bridgehead atoms. The molecular formula is C12H14O3. The Kier molecular flexibility index (Phi) is 2.39. The molecule has 1 aliphatic heterocycles. The Morgan fingerprint density at radius 3 is 2.73 bits per heavy atom. The van der Waals surface area contributed by atoms with Crippen LogP contribution in [0.2, 0.25) is 0 Å². The number of carbonyl (C=O) groups is 1. The molecule has 2 rings (SSSR count). The van der Waals surface area contributed by atoms with Crippen LogP contribution < -0.4 is 4.74 Å². The average molecular weight is 206 g/mol. The van der Waals surface area contributed by atoms with Gasteiger partial charge in [0.15, 0.2) is 0 Å². The maximum Gasteiger partial charge on any atom is 0.311 e. The van der Waals surface area contributed by atoms with Crippen molar-refractivity contribution in [1.29, 1.82) is 0 Å². The summed E-state index contributed by atoms with van der Waals surface area (Å²) in [6.45, 7) is 4.37. The second kappa shape index (κ2) is 3.57. The van der Waals surface area contributed by atoms with Crippen LogP contribution in [0.25, 0.3) is 0 Å². The van der Waals surface area contributed by atoms with Crippen LogP contribution in [0.4, 0.5) is 0 Å². The minimum absolute atomic E-state index is 0.409. The Bertz CT molecular complexity index is 410. The molecule has 0 aromatic heterocycles. The smallest absolute Gasteiger partial charge is 0.311 e. The summed E-state index contributed by atoms with van der Waals surface area (Å²) < 4.78 is 5.55. The molecule has 0 fully saturated rings. The van der Waals surface area contributed by atoms with Crippen molar-refractivity contribution in [3.05, 3.63) is 28.8 Å². The minimum atomic E-state index is -0.756. The zero-order valence-electron chi connectivity index (χ0n) is 8.91. The van der Waals surface area contributed by atoms with E-state index < -0.39 is 11.9 Å². The van der Waals surface area contributed by atoms with Gasteiger partial charge in [-0.25, -0.2) is 0 Å². The molecule has 1 aliphatic rings. The largest absolute Gasteiger partial charge is 0.493 e. The number of benzene rings is 1. The Labute approximate surface area is 88.7 Å². The predicted molar refractivity (Wildman–Crippen MR) is 56.4 cm³/mol. The molecule has 0 saturated heterocycles. The van der Waals surface area contributed by atoms with E-state index in [0.717, 1.165) is 22.4 Å². The molecule has 1 aromatic rings. The highest BCUT2D eigenvalue weighted by atomic mass is 16.5. The Morgan fingerprint density at radius 2 is 2.07 bits per heavy atom. The second-order valence-electron chi connectivity index (χ2n) is 3.97. The number of fused-ring (bicyclic) bond motifs is 1.